The Morgan fingerprint density at radius 3 is 2.53 bits per heavy atom. The fourth-order valence-electron chi connectivity index (χ4n) is 1.81. The van der Waals surface area contributed by atoms with Crippen LogP contribution >= 0.6 is 0 Å². The normalized spacial score (nSPS) is 11.0. The third-order valence-electron chi connectivity index (χ3n) is 2.48. The van der Waals surface area contributed by atoms with E-state index in [9.17, 15) is 0 Å². The molecule has 0 amide bonds. The summed E-state index contributed by atoms with van der Waals surface area (Å²) < 4.78 is 0. The molecule has 0 aromatic carbocycles. The van der Waals surface area contributed by atoms with Crippen LogP contribution in [0.5, 0.6) is 0 Å². The van der Waals surface area contributed by atoms with Crippen molar-refractivity contribution in [1.29, 1.82) is 0 Å². The van der Waals surface area contributed by atoms with Crippen LogP contribution in [0.1, 0.15) is 5.69 Å². The molecule has 0 saturated carbocycles. The van der Waals surface area contributed by atoms with Crippen LogP contribution in [0.4, 0.5) is 0 Å². The first-order chi connectivity index (χ1) is 7.36. The highest BCUT2D eigenvalue weighted by molar-refractivity contribution is 6.02. The van der Waals surface area contributed by atoms with Crippen molar-refractivity contribution in [2.45, 2.75) is 6.92 Å². The van der Waals surface area contributed by atoms with Crippen molar-refractivity contribution in [3.05, 3.63) is 42.4 Å². The molecule has 72 valence electrons. The van der Waals surface area contributed by atoms with E-state index in [2.05, 4.69) is 15.0 Å². The molecule has 0 fully saturated rings. The number of hydrogen-bond donors (Lipinski definition) is 0. The van der Waals surface area contributed by atoms with Crippen molar-refractivity contribution in [2.24, 2.45) is 0 Å². The van der Waals surface area contributed by atoms with Gasteiger partial charge in [-0.05, 0) is 31.2 Å². The minimum atomic E-state index is 0.922. The second kappa shape index (κ2) is 2.98. The number of rotatable bonds is 0. The number of fused-ring (bicyclic) bond motifs is 3. The second-order valence-electron chi connectivity index (χ2n) is 3.47. The molecule has 0 saturated heterocycles. The van der Waals surface area contributed by atoms with E-state index in [-0.39, 0.29) is 0 Å². The lowest BCUT2D eigenvalue weighted by molar-refractivity contribution is 1.23. The van der Waals surface area contributed by atoms with Crippen molar-refractivity contribution >= 4 is 21.9 Å². The summed E-state index contributed by atoms with van der Waals surface area (Å²) in [6.07, 6.45) is 3.57. The third-order valence-corrected chi connectivity index (χ3v) is 2.48. The molecule has 0 aliphatic rings. The van der Waals surface area contributed by atoms with E-state index in [1.54, 1.807) is 12.4 Å². The predicted molar refractivity (Wildman–Crippen MR) is 59.6 cm³/mol. The number of nitrogens with zero attached hydrogens (tertiary/aromatic N) is 3. The van der Waals surface area contributed by atoms with Crippen molar-refractivity contribution in [1.82, 2.24) is 15.0 Å². The van der Waals surface area contributed by atoms with Gasteiger partial charge in [-0.15, -0.1) is 0 Å². The summed E-state index contributed by atoms with van der Waals surface area (Å²) in [5.41, 5.74) is 3.73. The first kappa shape index (κ1) is 8.29. The molecule has 0 radical (unpaired) electrons. The third kappa shape index (κ3) is 1.16. The van der Waals surface area contributed by atoms with E-state index in [4.69, 9.17) is 0 Å². The Balaban J connectivity index is 2.64. The second-order valence-corrected chi connectivity index (χ2v) is 3.47. The average molecular weight is 195 g/mol. The highest BCUT2D eigenvalue weighted by Crippen LogP contribution is 2.21. The van der Waals surface area contributed by atoms with Crippen LogP contribution in [0.15, 0.2) is 36.7 Å². The van der Waals surface area contributed by atoms with Gasteiger partial charge < -0.3 is 0 Å². The fraction of sp³-hybridized carbons (Fsp3) is 0.0833. The van der Waals surface area contributed by atoms with Crippen molar-refractivity contribution in [3.63, 3.8) is 0 Å². The molecule has 0 N–H and O–H groups in total. The Bertz CT molecular complexity index is 646. The van der Waals surface area contributed by atoms with Crippen molar-refractivity contribution < 1.29 is 0 Å². The summed E-state index contributed by atoms with van der Waals surface area (Å²) in [4.78, 5) is 13.2. The predicted octanol–water partition coefficient (Wildman–Crippen LogP) is 2.49. The summed E-state index contributed by atoms with van der Waals surface area (Å²) in [6, 6.07) is 7.83. The summed E-state index contributed by atoms with van der Waals surface area (Å²) >= 11 is 0. The van der Waals surface area contributed by atoms with E-state index in [1.807, 2.05) is 31.2 Å². The summed E-state index contributed by atoms with van der Waals surface area (Å²) in [5.74, 6) is 0. The largest absolute Gasteiger partial charge is 0.254 e. The van der Waals surface area contributed by atoms with Gasteiger partial charge in [-0.3, -0.25) is 9.97 Å². The standard InChI is InChI=1S/C12H9N3/c1-8-11-9(4-2-6-13-11)12-10(15-8)5-3-7-14-12/h2-7H,1H3. The Kier molecular flexibility index (Phi) is 1.65. The molecular weight excluding hydrogens is 186 g/mol. The first-order valence-corrected chi connectivity index (χ1v) is 4.82. The molecular formula is C12H9N3. The van der Waals surface area contributed by atoms with Crippen LogP contribution in [-0.4, -0.2) is 15.0 Å². The Hall–Kier alpha value is -2.03. The Morgan fingerprint density at radius 2 is 1.67 bits per heavy atom. The van der Waals surface area contributed by atoms with Gasteiger partial charge in [0.2, 0.25) is 0 Å². The lowest BCUT2D eigenvalue weighted by atomic mass is 10.1. The average Bonchev–Trinajstić information content (AvgIpc) is 2.30. The minimum Gasteiger partial charge on any atom is -0.254 e. The molecule has 3 nitrogen and oxygen atoms in total. The van der Waals surface area contributed by atoms with Gasteiger partial charge >= 0.3 is 0 Å². The van der Waals surface area contributed by atoms with Crippen molar-refractivity contribution in [3.8, 4) is 0 Å². The molecule has 0 aliphatic heterocycles. The molecule has 0 aliphatic carbocycles. The lowest BCUT2D eigenvalue weighted by Gasteiger charge is -2.03. The van der Waals surface area contributed by atoms with Gasteiger partial charge in [0.25, 0.3) is 0 Å². The van der Waals surface area contributed by atoms with E-state index >= 15 is 0 Å². The SMILES string of the molecule is Cc1nc2cccnc2c2cccnc12. The van der Waals surface area contributed by atoms with Crippen molar-refractivity contribution in [2.75, 3.05) is 0 Å². The van der Waals surface area contributed by atoms with Gasteiger partial charge in [0.1, 0.15) is 0 Å². The van der Waals surface area contributed by atoms with Gasteiger partial charge in [0.15, 0.2) is 0 Å². The number of aromatic nitrogens is 3. The summed E-state index contributed by atoms with van der Waals surface area (Å²) in [5, 5.41) is 1.07. The molecule has 3 aromatic heterocycles. The monoisotopic (exact) mass is 195 g/mol. The van der Waals surface area contributed by atoms with Gasteiger partial charge in [-0.1, -0.05) is 0 Å². The molecule has 0 spiro atoms. The molecule has 0 atom stereocenters. The number of aryl methyl sites for hydroxylation is 1. The fourth-order valence-corrected chi connectivity index (χ4v) is 1.81. The topological polar surface area (TPSA) is 38.7 Å². The first-order valence-electron chi connectivity index (χ1n) is 4.82. The zero-order valence-corrected chi connectivity index (χ0v) is 8.31. The van der Waals surface area contributed by atoms with E-state index < -0.39 is 0 Å². The quantitative estimate of drug-likeness (QED) is 0.517. The van der Waals surface area contributed by atoms with Gasteiger partial charge in [0.05, 0.1) is 22.2 Å². The van der Waals surface area contributed by atoms with Gasteiger partial charge in [-0.2, -0.15) is 0 Å². The Morgan fingerprint density at radius 1 is 0.933 bits per heavy atom. The highest BCUT2D eigenvalue weighted by Gasteiger charge is 2.05. The molecule has 3 rings (SSSR count). The maximum absolute atomic E-state index is 4.48. The zero-order valence-electron chi connectivity index (χ0n) is 8.31. The minimum absolute atomic E-state index is 0.922. The summed E-state index contributed by atoms with van der Waals surface area (Å²) in [6.45, 7) is 1.97. The van der Waals surface area contributed by atoms with Gasteiger partial charge in [0, 0.05) is 17.8 Å². The maximum atomic E-state index is 4.48. The van der Waals surface area contributed by atoms with Crippen LogP contribution in [-0.2, 0) is 0 Å². The molecule has 3 aromatic rings. The van der Waals surface area contributed by atoms with Crippen LogP contribution in [0.25, 0.3) is 21.9 Å². The Labute approximate surface area is 86.8 Å². The number of pyridine rings is 3. The maximum Gasteiger partial charge on any atom is 0.0980 e. The molecule has 0 bridgehead atoms. The van der Waals surface area contributed by atoms with Crippen LogP contribution in [0.2, 0.25) is 0 Å². The highest BCUT2D eigenvalue weighted by atomic mass is 14.8. The molecule has 15 heavy (non-hydrogen) atoms. The lowest BCUT2D eigenvalue weighted by Crippen LogP contribution is -1.91. The zero-order chi connectivity index (χ0) is 10.3. The van der Waals surface area contributed by atoms with Crippen LogP contribution < -0.4 is 0 Å². The summed E-state index contributed by atoms with van der Waals surface area (Å²) in [7, 11) is 0. The molecule has 3 heteroatoms. The van der Waals surface area contributed by atoms with Crippen LogP contribution in [0.3, 0.4) is 0 Å². The number of hydrogen-bond acceptors (Lipinski definition) is 3. The molecule has 0 unspecified atom stereocenters. The van der Waals surface area contributed by atoms with Gasteiger partial charge in [-0.25, -0.2) is 4.98 Å². The van der Waals surface area contributed by atoms with E-state index in [0.29, 0.717) is 0 Å². The van der Waals surface area contributed by atoms with E-state index in [0.717, 1.165) is 27.6 Å². The molecule has 3 heterocycles. The van der Waals surface area contributed by atoms with E-state index in [1.165, 1.54) is 0 Å². The smallest absolute Gasteiger partial charge is 0.0980 e. The van der Waals surface area contributed by atoms with Crippen LogP contribution in [0, 0.1) is 6.92 Å².